The Morgan fingerprint density at radius 2 is 1.95 bits per heavy atom. The number of methoxy groups -OCH3 is 1. The summed E-state index contributed by atoms with van der Waals surface area (Å²) < 4.78 is 33.1. The van der Waals surface area contributed by atoms with E-state index in [1.165, 1.54) is 12.1 Å². The van der Waals surface area contributed by atoms with Crippen LogP contribution in [0, 0.1) is 11.6 Å². The highest BCUT2D eigenvalue weighted by Crippen LogP contribution is 2.30. The maximum atomic E-state index is 13.8. The maximum Gasteiger partial charge on any atom is 0.129 e. The highest BCUT2D eigenvalue weighted by atomic mass is 79.9. The summed E-state index contributed by atoms with van der Waals surface area (Å²) in [6.07, 6.45) is 0.398. The molecule has 0 saturated heterocycles. The van der Waals surface area contributed by atoms with E-state index >= 15 is 0 Å². The van der Waals surface area contributed by atoms with Crippen LogP contribution in [0.3, 0.4) is 0 Å². The van der Waals surface area contributed by atoms with Gasteiger partial charge in [-0.25, -0.2) is 8.78 Å². The van der Waals surface area contributed by atoms with Crippen LogP contribution in [0.1, 0.15) is 17.2 Å². The highest BCUT2D eigenvalue weighted by Gasteiger charge is 2.17. The van der Waals surface area contributed by atoms with Gasteiger partial charge in [0.05, 0.1) is 7.11 Å². The lowest BCUT2D eigenvalue weighted by atomic mass is 9.98. The Morgan fingerprint density at radius 1 is 1.19 bits per heavy atom. The average molecular weight is 356 g/mol. The van der Waals surface area contributed by atoms with E-state index in [0.717, 1.165) is 21.9 Å². The number of hydrogen-bond donors (Lipinski definition) is 1. The molecule has 112 valence electrons. The zero-order valence-electron chi connectivity index (χ0n) is 11.8. The van der Waals surface area contributed by atoms with Gasteiger partial charge in [-0.1, -0.05) is 22.0 Å². The van der Waals surface area contributed by atoms with Crippen molar-refractivity contribution in [3.63, 3.8) is 0 Å². The molecule has 2 aromatic rings. The van der Waals surface area contributed by atoms with Gasteiger partial charge >= 0.3 is 0 Å². The predicted molar refractivity (Wildman–Crippen MR) is 82.6 cm³/mol. The third-order valence-electron chi connectivity index (χ3n) is 3.35. The van der Waals surface area contributed by atoms with Gasteiger partial charge < -0.3 is 10.1 Å². The first-order chi connectivity index (χ1) is 10.0. The Bertz CT molecular complexity index is 634. The van der Waals surface area contributed by atoms with Gasteiger partial charge in [-0.05, 0) is 43.3 Å². The van der Waals surface area contributed by atoms with Crippen LogP contribution in [-0.2, 0) is 6.42 Å². The van der Waals surface area contributed by atoms with E-state index < -0.39 is 11.6 Å². The first-order valence-corrected chi connectivity index (χ1v) is 7.29. The molecule has 21 heavy (non-hydrogen) atoms. The van der Waals surface area contributed by atoms with Crippen LogP contribution >= 0.6 is 15.9 Å². The molecule has 1 unspecified atom stereocenters. The van der Waals surface area contributed by atoms with Crippen molar-refractivity contribution in [2.75, 3.05) is 14.2 Å². The molecule has 5 heteroatoms. The molecule has 0 bridgehead atoms. The van der Waals surface area contributed by atoms with Gasteiger partial charge in [0, 0.05) is 22.1 Å². The van der Waals surface area contributed by atoms with Crippen molar-refractivity contribution in [2.24, 2.45) is 0 Å². The van der Waals surface area contributed by atoms with Crippen LogP contribution in [-0.4, -0.2) is 14.2 Å². The third kappa shape index (κ3) is 3.80. The molecule has 0 heterocycles. The molecule has 0 amide bonds. The summed E-state index contributed by atoms with van der Waals surface area (Å²) in [7, 11) is 3.39. The van der Waals surface area contributed by atoms with Crippen LogP contribution in [0.25, 0.3) is 0 Å². The molecule has 2 rings (SSSR count). The standard InChI is InChI=1S/C16H16BrF2NO/c1-20-15(7-10-3-5-12(18)9-14(10)19)13-8-11(17)4-6-16(13)21-2/h3-6,8-9,15,20H,7H2,1-2H3. The Labute approximate surface area is 131 Å². The van der Waals surface area contributed by atoms with Crippen molar-refractivity contribution in [1.29, 1.82) is 0 Å². The Kier molecular flexibility index (Phi) is 5.31. The smallest absolute Gasteiger partial charge is 0.129 e. The van der Waals surface area contributed by atoms with E-state index in [9.17, 15) is 8.78 Å². The molecule has 0 fully saturated rings. The molecule has 0 aliphatic heterocycles. The zero-order valence-corrected chi connectivity index (χ0v) is 13.4. The number of hydrogen-bond acceptors (Lipinski definition) is 2. The van der Waals surface area contributed by atoms with Crippen LogP contribution in [0.5, 0.6) is 5.75 Å². The second-order valence-corrected chi connectivity index (χ2v) is 5.58. The van der Waals surface area contributed by atoms with E-state index in [0.29, 0.717) is 12.0 Å². The van der Waals surface area contributed by atoms with Gasteiger partial charge in [-0.3, -0.25) is 0 Å². The second-order valence-electron chi connectivity index (χ2n) is 4.67. The van der Waals surface area contributed by atoms with E-state index in [4.69, 9.17) is 4.74 Å². The largest absolute Gasteiger partial charge is 0.496 e. The number of ether oxygens (including phenoxy) is 1. The lowest BCUT2D eigenvalue weighted by molar-refractivity contribution is 0.400. The molecular formula is C16H16BrF2NO. The number of nitrogens with one attached hydrogen (secondary N) is 1. The molecule has 0 saturated carbocycles. The van der Waals surface area contributed by atoms with Crippen LogP contribution < -0.4 is 10.1 Å². The summed E-state index contributed by atoms with van der Waals surface area (Å²) in [6, 6.07) is 9.17. The van der Waals surface area contributed by atoms with E-state index in [1.807, 2.05) is 18.2 Å². The average Bonchev–Trinajstić information content (AvgIpc) is 2.46. The maximum absolute atomic E-state index is 13.8. The first-order valence-electron chi connectivity index (χ1n) is 6.49. The molecule has 2 nitrogen and oxygen atoms in total. The van der Waals surface area contributed by atoms with Gasteiger partial charge in [0.15, 0.2) is 0 Å². The molecule has 2 aromatic carbocycles. The summed E-state index contributed by atoms with van der Waals surface area (Å²) in [5.74, 6) is -0.387. The van der Waals surface area contributed by atoms with Crippen molar-refractivity contribution in [3.8, 4) is 5.75 Å². The monoisotopic (exact) mass is 355 g/mol. The summed E-state index contributed by atoms with van der Waals surface area (Å²) >= 11 is 3.43. The van der Waals surface area contributed by atoms with Gasteiger partial charge in [-0.2, -0.15) is 0 Å². The van der Waals surface area contributed by atoms with Gasteiger partial charge in [0.1, 0.15) is 17.4 Å². The third-order valence-corrected chi connectivity index (χ3v) is 3.85. The van der Waals surface area contributed by atoms with E-state index in [2.05, 4.69) is 21.2 Å². The van der Waals surface area contributed by atoms with Crippen molar-refractivity contribution < 1.29 is 13.5 Å². The molecule has 1 N–H and O–H groups in total. The van der Waals surface area contributed by atoms with Crippen molar-refractivity contribution in [3.05, 3.63) is 63.6 Å². The van der Waals surface area contributed by atoms with Gasteiger partial charge in [0.25, 0.3) is 0 Å². The number of benzene rings is 2. The lowest BCUT2D eigenvalue weighted by Crippen LogP contribution is -2.20. The zero-order chi connectivity index (χ0) is 15.4. The number of rotatable bonds is 5. The van der Waals surface area contributed by atoms with Crippen molar-refractivity contribution in [1.82, 2.24) is 5.32 Å². The number of halogens is 3. The molecule has 0 aliphatic carbocycles. The van der Waals surface area contributed by atoms with E-state index in [-0.39, 0.29) is 6.04 Å². The quantitative estimate of drug-likeness (QED) is 0.865. The fraction of sp³-hybridized carbons (Fsp3) is 0.250. The summed E-state index contributed by atoms with van der Waals surface area (Å²) in [5, 5.41) is 3.15. The lowest BCUT2D eigenvalue weighted by Gasteiger charge is -2.20. The minimum absolute atomic E-state index is 0.141. The molecule has 1 atom stereocenters. The van der Waals surface area contributed by atoms with Gasteiger partial charge in [0.2, 0.25) is 0 Å². The second kappa shape index (κ2) is 7.00. The summed E-state index contributed by atoms with van der Waals surface area (Å²) in [5.41, 5.74) is 1.37. The minimum atomic E-state index is -0.572. The van der Waals surface area contributed by atoms with E-state index in [1.54, 1.807) is 14.2 Å². The molecule has 0 aliphatic rings. The molecule has 0 aromatic heterocycles. The Morgan fingerprint density at radius 3 is 2.57 bits per heavy atom. The fourth-order valence-electron chi connectivity index (χ4n) is 2.25. The van der Waals surface area contributed by atoms with Crippen molar-refractivity contribution >= 4 is 15.9 Å². The molecule has 0 spiro atoms. The normalized spacial score (nSPS) is 12.2. The minimum Gasteiger partial charge on any atom is -0.496 e. The SMILES string of the molecule is CNC(Cc1ccc(F)cc1F)c1cc(Br)ccc1OC. The first kappa shape index (κ1) is 15.9. The van der Waals surface area contributed by atoms with Crippen LogP contribution in [0.15, 0.2) is 40.9 Å². The Hall–Kier alpha value is -1.46. The predicted octanol–water partition coefficient (Wildman–Crippen LogP) is 4.24. The van der Waals surface area contributed by atoms with Crippen LogP contribution in [0.4, 0.5) is 8.78 Å². The van der Waals surface area contributed by atoms with Crippen LogP contribution in [0.2, 0.25) is 0 Å². The summed E-state index contributed by atoms with van der Waals surface area (Å²) in [4.78, 5) is 0. The highest BCUT2D eigenvalue weighted by molar-refractivity contribution is 9.10. The summed E-state index contributed by atoms with van der Waals surface area (Å²) in [6.45, 7) is 0. The molecular weight excluding hydrogens is 340 g/mol. The Balaban J connectivity index is 2.34. The fourth-order valence-corrected chi connectivity index (χ4v) is 2.63. The topological polar surface area (TPSA) is 21.3 Å². The van der Waals surface area contributed by atoms with Gasteiger partial charge in [-0.15, -0.1) is 0 Å². The molecule has 0 radical (unpaired) electrons. The van der Waals surface area contributed by atoms with Crippen molar-refractivity contribution in [2.45, 2.75) is 12.5 Å². The number of likely N-dealkylation sites (N-methyl/N-ethyl adjacent to an activating group) is 1.